The largest absolute Gasteiger partial charge is 0.494 e. The van der Waals surface area contributed by atoms with Gasteiger partial charge in [0.1, 0.15) is 5.75 Å². The van der Waals surface area contributed by atoms with E-state index < -0.39 is 5.41 Å². The third-order valence-corrected chi connectivity index (χ3v) is 8.99. The summed E-state index contributed by atoms with van der Waals surface area (Å²) < 4.78 is 5.69. The highest BCUT2D eigenvalue weighted by molar-refractivity contribution is 7.18. The van der Waals surface area contributed by atoms with Gasteiger partial charge >= 0.3 is 0 Å². The Hall–Kier alpha value is -3.65. The van der Waals surface area contributed by atoms with Crippen LogP contribution in [0.3, 0.4) is 0 Å². The summed E-state index contributed by atoms with van der Waals surface area (Å²) in [6.07, 6.45) is 1.52. The number of thiophene rings is 1. The summed E-state index contributed by atoms with van der Waals surface area (Å²) in [5.41, 5.74) is 8.75. The molecule has 1 aromatic heterocycles. The number of nitrogens with two attached hydrogens (primary N) is 1. The number of carbonyl (C=O) groups excluding carboxylic acids is 2. The molecule has 3 aromatic carbocycles. The second kappa shape index (κ2) is 12.3. The van der Waals surface area contributed by atoms with Gasteiger partial charge in [-0.3, -0.25) is 9.59 Å². The first-order valence-corrected chi connectivity index (χ1v) is 14.5. The van der Waals surface area contributed by atoms with Crippen molar-refractivity contribution < 1.29 is 19.4 Å². The zero-order valence-corrected chi connectivity index (χ0v) is 23.6. The summed E-state index contributed by atoms with van der Waals surface area (Å²) in [6, 6.07) is 26.9. The van der Waals surface area contributed by atoms with Crippen LogP contribution in [0.15, 0.2) is 84.9 Å². The highest BCUT2D eigenvalue weighted by Crippen LogP contribution is 2.43. The van der Waals surface area contributed by atoms with Crippen molar-refractivity contribution in [2.24, 2.45) is 5.73 Å². The van der Waals surface area contributed by atoms with Gasteiger partial charge in [-0.05, 0) is 48.2 Å². The average Bonchev–Trinajstić information content (AvgIpc) is 3.43. The van der Waals surface area contributed by atoms with E-state index in [-0.39, 0.29) is 18.4 Å². The molecule has 2 amide bonds. The Morgan fingerprint density at radius 1 is 0.950 bits per heavy atom. The number of hydrogen-bond acceptors (Lipinski definition) is 5. The monoisotopic (exact) mass is 574 g/mol. The number of halogens is 1. The molecule has 3 N–H and O–H groups in total. The Balaban J connectivity index is 1.43. The fourth-order valence-electron chi connectivity index (χ4n) is 5.22. The van der Waals surface area contributed by atoms with Crippen molar-refractivity contribution in [3.05, 3.63) is 100 Å². The molecule has 40 heavy (non-hydrogen) atoms. The lowest BCUT2D eigenvalue weighted by molar-refractivity contribution is -0.125. The maximum atomic E-state index is 13.8. The van der Waals surface area contributed by atoms with Crippen molar-refractivity contribution in [3.8, 4) is 27.3 Å². The second-order valence-corrected chi connectivity index (χ2v) is 11.3. The molecular weight excluding hydrogens is 544 g/mol. The molecule has 4 aromatic rings. The first-order chi connectivity index (χ1) is 19.4. The smallest absolute Gasteiger partial charge is 0.263 e. The van der Waals surface area contributed by atoms with Crippen LogP contribution < -0.4 is 10.5 Å². The molecular formula is C32H31ClN2O4S. The van der Waals surface area contributed by atoms with E-state index in [0.29, 0.717) is 54.6 Å². The molecule has 0 saturated carbocycles. The third kappa shape index (κ3) is 5.63. The van der Waals surface area contributed by atoms with Gasteiger partial charge in [0, 0.05) is 47.1 Å². The van der Waals surface area contributed by atoms with E-state index in [1.54, 1.807) is 0 Å². The van der Waals surface area contributed by atoms with Crippen molar-refractivity contribution in [3.63, 3.8) is 0 Å². The van der Waals surface area contributed by atoms with Gasteiger partial charge < -0.3 is 20.5 Å². The topological polar surface area (TPSA) is 92.9 Å². The van der Waals surface area contributed by atoms with E-state index in [0.717, 1.165) is 27.1 Å². The van der Waals surface area contributed by atoms with Crippen LogP contribution >= 0.6 is 22.9 Å². The molecule has 2 heterocycles. The minimum Gasteiger partial charge on any atom is -0.494 e. The summed E-state index contributed by atoms with van der Waals surface area (Å²) in [5.74, 6) is 0.293. The van der Waals surface area contributed by atoms with Crippen LogP contribution in [0, 0.1) is 0 Å². The van der Waals surface area contributed by atoms with Crippen molar-refractivity contribution in [2.45, 2.75) is 24.7 Å². The number of aliphatic hydroxyl groups excluding tert-OH is 1. The predicted molar refractivity (Wildman–Crippen MR) is 160 cm³/mol. The molecule has 1 aliphatic rings. The molecule has 0 radical (unpaired) electrons. The van der Waals surface area contributed by atoms with E-state index in [2.05, 4.69) is 0 Å². The van der Waals surface area contributed by atoms with Crippen LogP contribution in [0.1, 0.15) is 34.5 Å². The number of likely N-dealkylation sites (tertiary alicyclic amines) is 1. The lowest BCUT2D eigenvalue weighted by atomic mass is 9.72. The first-order valence-electron chi connectivity index (χ1n) is 13.3. The Morgan fingerprint density at radius 2 is 1.62 bits per heavy atom. The number of hydrogen-bond donors (Lipinski definition) is 2. The van der Waals surface area contributed by atoms with Gasteiger partial charge in [-0.2, -0.15) is 0 Å². The first kappa shape index (κ1) is 27.9. The molecule has 0 unspecified atom stereocenters. The lowest BCUT2D eigenvalue weighted by Gasteiger charge is -2.40. The molecule has 1 fully saturated rings. The van der Waals surface area contributed by atoms with Crippen molar-refractivity contribution in [1.29, 1.82) is 0 Å². The minimum atomic E-state index is -0.775. The molecule has 5 rings (SSSR count). The van der Waals surface area contributed by atoms with E-state index >= 15 is 0 Å². The average molecular weight is 575 g/mol. The van der Waals surface area contributed by atoms with Gasteiger partial charge in [0.25, 0.3) is 5.91 Å². The quantitative estimate of drug-likeness (QED) is 0.234. The summed E-state index contributed by atoms with van der Waals surface area (Å²) in [5, 5.41) is 9.61. The summed E-state index contributed by atoms with van der Waals surface area (Å²) in [4.78, 5) is 29.7. The van der Waals surface area contributed by atoms with Crippen LogP contribution in [-0.2, 0) is 10.2 Å². The molecule has 6 nitrogen and oxygen atoms in total. The molecule has 206 valence electrons. The number of amides is 2. The Labute approximate surface area is 243 Å². The SMILES string of the molecule is NC(=O)C1(c2ccccc2)CCN(C(=O)c2cc(-c3ccc(OCCCO)cc3)c(-c3ccccc3Cl)s2)CC1. The predicted octanol–water partition coefficient (Wildman–Crippen LogP) is 6.16. The third-order valence-electron chi connectivity index (χ3n) is 7.50. The van der Waals surface area contributed by atoms with Gasteiger partial charge in [0.15, 0.2) is 0 Å². The van der Waals surface area contributed by atoms with Crippen LogP contribution in [0.4, 0.5) is 0 Å². The molecule has 1 aliphatic heterocycles. The second-order valence-electron chi connectivity index (χ2n) is 9.89. The normalized spacial score (nSPS) is 14.6. The number of primary amides is 1. The Kier molecular flexibility index (Phi) is 8.54. The summed E-state index contributed by atoms with van der Waals surface area (Å²) in [6.45, 7) is 1.39. The number of carbonyl (C=O) groups is 2. The molecule has 1 saturated heterocycles. The van der Waals surface area contributed by atoms with Crippen LogP contribution in [0.5, 0.6) is 5.75 Å². The molecule has 0 aliphatic carbocycles. The van der Waals surface area contributed by atoms with E-state index in [1.807, 2.05) is 89.8 Å². The minimum absolute atomic E-state index is 0.0698. The Morgan fingerprint density at radius 3 is 2.27 bits per heavy atom. The molecule has 0 spiro atoms. The number of aliphatic hydroxyl groups is 1. The van der Waals surface area contributed by atoms with Crippen LogP contribution in [0.2, 0.25) is 5.02 Å². The zero-order valence-electron chi connectivity index (χ0n) is 22.0. The highest BCUT2D eigenvalue weighted by Gasteiger charge is 2.42. The Bertz CT molecular complexity index is 1480. The number of ether oxygens (including phenoxy) is 1. The fourth-order valence-corrected chi connectivity index (χ4v) is 6.70. The van der Waals surface area contributed by atoms with Crippen molar-refractivity contribution in [2.75, 3.05) is 26.3 Å². The maximum Gasteiger partial charge on any atom is 0.263 e. The maximum absolute atomic E-state index is 13.8. The number of rotatable bonds is 9. The lowest BCUT2D eigenvalue weighted by Crippen LogP contribution is -2.51. The van der Waals surface area contributed by atoms with E-state index in [9.17, 15) is 9.59 Å². The molecule has 0 bridgehead atoms. The van der Waals surface area contributed by atoms with E-state index in [1.165, 1.54) is 11.3 Å². The van der Waals surface area contributed by atoms with Crippen molar-refractivity contribution >= 4 is 34.8 Å². The highest BCUT2D eigenvalue weighted by atomic mass is 35.5. The standard InChI is InChI=1S/C32H31ClN2O4S/c33-27-10-5-4-9-25(27)29-26(22-11-13-24(14-12-22)39-20-6-19-36)21-28(40-29)30(37)35-17-15-32(16-18-35,31(34)38)23-7-2-1-3-8-23/h1-5,7-14,21,36H,6,15-20H2,(H2,34,38). The van der Waals surface area contributed by atoms with Gasteiger partial charge in [-0.25, -0.2) is 0 Å². The van der Waals surface area contributed by atoms with Gasteiger partial charge in [-0.1, -0.05) is 72.3 Å². The number of piperidine rings is 1. The van der Waals surface area contributed by atoms with Crippen LogP contribution in [-0.4, -0.2) is 48.1 Å². The zero-order chi connectivity index (χ0) is 28.1. The van der Waals surface area contributed by atoms with Crippen molar-refractivity contribution in [1.82, 2.24) is 4.90 Å². The summed E-state index contributed by atoms with van der Waals surface area (Å²) in [7, 11) is 0. The molecule has 8 heteroatoms. The van der Waals surface area contributed by atoms with Gasteiger partial charge in [-0.15, -0.1) is 11.3 Å². The van der Waals surface area contributed by atoms with Gasteiger partial charge in [0.2, 0.25) is 5.91 Å². The fraction of sp³-hybridized carbons (Fsp3) is 0.250. The number of nitrogens with zero attached hydrogens (tertiary/aromatic N) is 1. The van der Waals surface area contributed by atoms with E-state index in [4.69, 9.17) is 27.2 Å². The number of benzene rings is 3. The van der Waals surface area contributed by atoms with Crippen LogP contribution in [0.25, 0.3) is 21.6 Å². The summed E-state index contributed by atoms with van der Waals surface area (Å²) >= 11 is 8.02. The van der Waals surface area contributed by atoms with Gasteiger partial charge in [0.05, 0.1) is 16.9 Å². The molecule has 0 atom stereocenters.